The zero-order chi connectivity index (χ0) is 17.2. The molecule has 0 aliphatic heterocycles. The van der Waals surface area contributed by atoms with Crippen LogP contribution in [0.15, 0.2) is 48.5 Å². The lowest BCUT2D eigenvalue weighted by molar-refractivity contribution is 0.0989. The van der Waals surface area contributed by atoms with Gasteiger partial charge in [-0.05, 0) is 30.2 Å². The van der Waals surface area contributed by atoms with Gasteiger partial charge in [-0.1, -0.05) is 74.5 Å². The molecule has 0 N–H and O–H groups in total. The topological polar surface area (TPSA) is 26.3 Å². The second-order valence-electron chi connectivity index (χ2n) is 5.99. The van der Waals surface area contributed by atoms with Gasteiger partial charge in [-0.15, -0.1) is 0 Å². The van der Waals surface area contributed by atoms with Gasteiger partial charge in [0.05, 0.1) is 12.2 Å². The van der Waals surface area contributed by atoms with E-state index in [1.807, 2.05) is 30.3 Å². The minimum absolute atomic E-state index is 0.0321. The van der Waals surface area contributed by atoms with Crippen molar-refractivity contribution in [2.24, 2.45) is 0 Å². The van der Waals surface area contributed by atoms with Gasteiger partial charge in [-0.2, -0.15) is 0 Å². The maximum absolute atomic E-state index is 12.6. The van der Waals surface area contributed by atoms with Gasteiger partial charge in [0.1, 0.15) is 5.75 Å². The first-order chi connectivity index (χ1) is 11.7. The number of ketones is 1. The van der Waals surface area contributed by atoms with Crippen molar-refractivity contribution in [2.45, 2.75) is 45.4 Å². The Morgan fingerprint density at radius 3 is 2.50 bits per heavy atom. The Bertz CT molecular complexity index is 638. The Labute approximate surface area is 149 Å². The molecule has 2 aromatic carbocycles. The van der Waals surface area contributed by atoms with Crippen molar-refractivity contribution in [1.82, 2.24) is 0 Å². The van der Waals surface area contributed by atoms with Crippen LogP contribution < -0.4 is 4.74 Å². The van der Waals surface area contributed by atoms with E-state index in [9.17, 15) is 4.79 Å². The van der Waals surface area contributed by atoms with Crippen LogP contribution in [0.25, 0.3) is 0 Å². The highest BCUT2D eigenvalue weighted by molar-refractivity contribution is 6.31. The predicted molar refractivity (Wildman–Crippen MR) is 100 cm³/mol. The summed E-state index contributed by atoms with van der Waals surface area (Å²) < 4.78 is 5.85. The van der Waals surface area contributed by atoms with E-state index in [1.54, 1.807) is 18.2 Å². The molecular weight excluding hydrogens is 320 g/mol. The van der Waals surface area contributed by atoms with Gasteiger partial charge in [0.25, 0.3) is 0 Å². The summed E-state index contributed by atoms with van der Waals surface area (Å²) in [5, 5.41) is 0.557. The molecule has 0 fully saturated rings. The summed E-state index contributed by atoms with van der Waals surface area (Å²) in [6, 6.07) is 15.0. The van der Waals surface area contributed by atoms with Crippen LogP contribution >= 0.6 is 11.6 Å². The number of carbonyl (C=O) groups excluding carboxylic acids is 1. The summed E-state index contributed by atoms with van der Waals surface area (Å²) in [6.07, 6.45) is 6.26. The summed E-state index contributed by atoms with van der Waals surface area (Å²) in [7, 11) is 0. The molecule has 24 heavy (non-hydrogen) atoms. The molecule has 128 valence electrons. The number of hydrogen-bond acceptors (Lipinski definition) is 2. The fraction of sp³-hybridized carbons (Fsp3) is 0.381. The van der Waals surface area contributed by atoms with Crippen LogP contribution in [0.3, 0.4) is 0 Å². The minimum Gasteiger partial charge on any atom is -0.493 e. The number of halogens is 1. The fourth-order valence-corrected chi connectivity index (χ4v) is 2.78. The van der Waals surface area contributed by atoms with Crippen LogP contribution in [-0.4, -0.2) is 12.4 Å². The summed E-state index contributed by atoms with van der Waals surface area (Å²) in [5.41, 5.74) is 1.56. The van der Waals surface area contributed by atoms with E-state index in [0.29, 0.717) is 29.4 Å². The zero-order valence-electron chi connectivity index (χ0n) is 14.3. The van der Waals surface area contributed by atoms with Crippen molar-refractivity contribution in [3.63, 3.8) is 0 Å². The highest BCUT2D eigenvalue weighted by atomic mass is 35.5. The van der Waals surface area contributed by atoms with Crippen LogP contribution in [0.4, 0.5) is 0 Å². The molecule has 2 nitrogen and oxygen atoms in total. The lowest BCUT2D eigenvalue weighted by Gasteiger charge is -2.11. The van der Waals surface area contributed by atoms with Gasteiger partial charge >= 0.3 is 0 Å². The molecule has 0 amide bonds. The van der Waals surface area contributed by atoms with Gasteiger partial charge in [0.15, 0.2) is 5.78 Å². The highest BCUT2D eigenvalue weighted by Crippen LogP contribution is 2.25. The van der Waals surface area contributed by atoms with E-state index in [4.69, 9.17) is 16.3 Å². The average Bonchev–Trinajstić information content (AvgIpc) is 2.60. The normalized spacial score (nSPS) is 10.6. The van der Waals surface area contributed by atoms with Gasteiger partial charge in [0.2, 0.25) is 0 Å². The molecule has 2 aromatic rings. The molecule has 0 aromatic heterocycles. The van der Waals surface area contributed by atoms with E-state index < -0.39 is 0 Å². The van der Waals surface area contributed by atoms with Crippen LogP contribution in [0.1, 0.15) is 54.9 Å². The van der Waals surface area contributed by atoms with Crippen molar-refractivity contribution >= 4 is 17.4 Å². The number of hydrogen-bond donors (Lipinski definition) is 0. The molecule has 0 atom stereocenters. The first kappa shape index (κ1) is 18.5. The standard InChI is InChI=1S/C21H25ClO2/c1-2-3-4-5-9-14-24-21-13-12-18(22)16-19(21)20(23)15-17-10-7-6-8-11-17/h6-8,10-13,16H,2-5,9,14-15H2,1H3. The Kier molecular flexibility index (Phi) is 7.84. The summed E-state index contributed by atoms with van der Waals surface area (Å²) >= 11 is 6.07. The molecule has 0 radical (unpaired) electrons. The Morgan fingerprint density at radius 2 is 1.75 bits per heavy atom. The van der Waals surface area contributed by atoms with Gasteiger partial charge < -0.3 is 4.74 Å². The van der Waals surface area contributed by atoms with Crippen molar-refractivity contribution in [3.05, 3.63) is 64.7 Å². The second-order valence-corrected chi connectivity index (χ2v) is 6.43. The number of ether oxygens (including phenoxy) is 1. The van der Waals surface area contributed by atoms with Crippen LogP contribution in [0, 0.1) is 0 Å². The zero-order valence-corrected chi connectivity index (χ0v) is 15.0. The molecule has 0 saturated heterocycles. The number of carbonyl (C=O) groups is 1. The van der Waals surface area contributed by atoms with Gasteiger partial charge in [-0.25, -0.2) is 0 Å². The average molecular weight is 345 g/mol. The third kappa shape index (κ3) is 6.01. The summed E-state index contributed by atoms with van der Waals surface area (Å²) in [6.45, 7) is 2.84. The van der Waals surface area contributed by atoms with E-state index in [2.05, 4.69) is 6.92 Å². The quantitative estimate of drug-likeness (QED) is 0.383. The smallest absolute Gasteiger partial charge is 0.171 e. The lowest BCUT2D eigenvalue weighted by Crippen LogP contribution is -2.08. The fourth-order valence-electron chi connectivity index (χ4n) is 2.61. The van der Waals surface area contributed by atoms with E-state index in [-0.39, 0.29) is 5.78 Å². The Balaban J connectivity index is 1.97. The first-order valence-corrected chi connectivity index (χ1v) is 9.08. The first-order valence-electron chi connectivity index (χ1n) is 8.70. The third-order valence-corrected chi connectivity index (χ3v) is 4.19. The number of benzene rings is 2. The van der Waals surface area contributed by atoms with Crippen molar-refractivity contribution in [1.29, 1.82) is 0 Å². The largest absolute Gasteiger partial charge is 0.493 e. The predicted octanol–water partition coefficient (Wildman–Crippen LogP) is 6.11. The van der Waals surface area contributed by atoms with E-state index in [1.165, 1.54) is 19.3 Å². The molecule has 0 bridgehead atoms. The Hall–Kier alpha value is -1.80. The molecule has 0 aliphatic rings. The SMILES string of the molecule is CCCCCCCOc1ccc(Cl)cc1C(=O)Cc1ccccc1. The van der Waals surface area contributed by atoms with Crippen LogP contribution in [0.2, 0.25) is 5.02 Å². The summed E-state index contributed by atoms with van der Waals surface area (Å²) in [4.78, 5) is 12.6. The molecule has 0 unspecified atom stereocenters. The highest BCUT2D eigenvalue weighted by Gasteiger charge is 2.14. The molecule has 0 spiro atoms. The van der Waals surface area contributed by atoms with Gasteiger partial charge in [-0.3, -0.25) is 4.79 Å². The molecular formula is C21H25ClO2. The van der Waals surface area contributed by atoms with Crippen molar-refractivity contribution in [3.8, 4) is 5.75 Å². The molecule has 2 rings (SSSR count). The second kappa shape index (κ2) is 10.1. The van der Waals surface area contributed by atoms with Crippen LogP contribution in [0.5, 0.6) is 5.75 Å². The lowest BCUT2D eigenvalue weighted by atomic mass is 10.0. The molecule has 0 aliphatic carbocycles. The molecule has 3 heteroatoms. The molecule has 0 heterocycles. The van der Waals surface area contributed by atoms with Crippen LogP contribution in [-0.2, 0) is 6.42 Å². The Morgan fingerprint density at radius 1 is 1.00 bits per heavy atom. The monoisotopic (exact) mass is 344 g/mol. The van der Waals surface area contributed by atoms with Crippen molar-refractivity contribution < 1.29 is 9.53 Å². The number of rotatable bonds is 10. The summed E-state index contributed by atoms with van der Waals surface area (Å²) in [5.74, 6) is 0.667. The van der Waals surface area contributed by atoms with E-state index in [0.717, 1.165) is 18.4 Å². The number of Topliss-reactive ketones (excluding diaryl/α,β-unsaturated/α-hetero) is 1. The maximum Gasteiger partial charge on any atom is 0.171 e. The maximum atomic E-state index is 12.6. The minimum atomic E-state index is 0.0321. The van der Waals surface area contributed by atoms with E-state index >= 15 is 0 Å². The number of unbranched alkanes of at least 4 members (excludes halogenated alkanes) is 4. The van der Waals surface area contributed by atoms with Crippen molar-refractivity contribution in [2.75, 3.05) is 6.61 Å². The third-order valence-electron chi connectivity index (χ3n) is 3.95. The molecule has 0 saturated carbocycles. The van der Waals surface area contributed by atoms with Gasteiger partial charge in [0, 0.05) is 11.4 Å².